The Labute approximate surface area is 132 Å². The maximum Gasteiger partial charge on any atom is 0.0384 e. The second-order valence-corrected chi connectivity index (χ2v) is 6.75. The van der Waals surface area contributed by atoms with E-state index in [2.05, 4.69) is 60.9 Å². The molecular formula is C20H24N2. The Bertz CT molecular complexity index is 705. The van der Waals surface area contributed by atoms with E-state index in [4.69, 9.17) is 0 Å². The van der Waals surface area contributed by atoms with Crippen molar-refractivity contribution in [2.45, 2.75) is 38.6 Å². The van der Waals surface area contributed by atoms with Gasteiger partial charge in [-0.05, 0) is 73.7 Å². The van der Waals surface area contributed by atoms with Gasteiger partial charge < -0.3 is 10.6 Å². The summed E-state index contributed by atoms with van der Waals surface area (Å²) >= 11 is 0. The summed E-state index contributed by atoms with van der Waals surface area (Å²) in [6.07, 6.45) is 2.44. The van der Waals surface area contributed by atoms with Crippen molar-refractivity contribution >= 4 is 5.69 Å². The normalized spacial score (nSPS) is 23.4. The second-order valence-electron chi connectivity index (χ2n) is 6.75. The van der Waals surface area contributed by atoms with Crippen LogP contribution in [0.15, 0.2) is 36.4 Å². The van der Waals surface area contributed by atoms with Gasteiger partial charge in [0.15, 0.2) is 0 Å². The van der Waals surface area contributed by atoms with Gasteiger partial charge >= 0.3 is 0 Å². The lowest BCUT2D eigenvalue weighted by atomic mass is 9.85. The van der Waals surface area contributed by atoms with Crippen molar-refractivity contribution in [2.24, 2.45) is 0 Å². The first-order valence-corrected chi connectivity index (χ1v) is 8.42. The zero-order valence-electron chi connectivity index (χ0n) is 13.4. The molecule has 0 spiro atoms. The summed E-state index contributed by atoms with van der Waals surface area (Å²) < 4.78 is 0. The fourth-order valence-electron chi connectivity index (χ4n) is 4.01. The van der Waals surface area contributed by atoms with Crippen molar-refractivity contribution < 1.29 is 0 Å². The molecule has 2 heteroatoms. The highest BCUT2D eigenvalue weighted by molar-refractivity contribution is 5.78. The molecule has 2 atom stereocenters. The average molecular weight is 292 g/mol. The van der Waals surface area contributed by atoms with Gasteiger partial charge in [0.2, 0.25) is 0 Å². The zero-order valence-corrected chi connectivity index (χ0v) is 13.4. The minimum absolute atomic E-state index is 0.595. The van der Waals surface area contributed by atoms with Crippen molar-refractivity contribution in [3.05, 3.63) is 53.1 Å². The van der Waals surface area contributed by atoms with Crippen molar-refractivity contribution in [1.82, 2.24) is 5.32 Å². The minimum Gasteiger partial charge on any atom is -0.381 e. The molecule has 2 unspecified atom stereocenters. The van der Waals surface area contributed by atoms with Crippen LogP contribution < -0.4 is 10.6 Å². The lowest BCUT2D eigenvalue weighted by Crippen LogP contribution is -2.21. The van der Waals surface area contributed by atoms with Gasteiger partial charge in [0.05, 0.1) is 0 Å². The monoisotopic (exact) mass is 292 g/mol. The number of nitrogens with one attached hydrogen (secondary N) is 2. The molecule has 2 aromatic rings. The number of aryl methyl sites for hydroxylation is 2. The van der Waals surface area contributed by atoms with Crippen molar-refractivity contribution in [3.8, 4) is 11.1 Å². The predicted octanol–water partition coefficient (Wildman–Crippen LogP) is 4.23. The Morgan fingerprint density at radius 1 is 0.955 bits per heavy atom. The number of rotatable bonds is 1. The third-order valence-corrected chi connectivity index (χ3v) is 5.39. The summed E-state index contributed by atoms with van der Waals surface area (Å²) in [5, 5.41) is 7.32. The molecule has 2 N–H and O–H groups in total. The molecule has 114 valence electrons. The van der Waals surface area contributed by atoms with E-state index in [1.54, 1.807) is 5.56 Å². The summed E-state index contributed by atoms with van der Waals surface area (Å²) in [4.78, 5) is 0. The van der Waals surface area contributed by atoms with Gasteiger partial charge in [-0.3, -0.25) is 0 Å². The van der Waals surface area contributed by atoms with Gasteiger partial charge in [-0.1, -0.05) is 30.3 Å². The van der Waals surface area contributed by atoms with Gasteiger partial charge in [-0.2, -0.15) is 0 Å². The van der Waals surface area contributed by atoms with Crippen molar-refractivity contribution in [2.75, 3.05) is 18.4 Å². The fraction of sp³-hybridized carbons (Fsp3) is 0.400. The van der Waals surface area contributed by atoms with Gasteiger partial charge in [0.1, 0.15) is 0 Å². The number of hydrogen-bond acceptors (Lipinski definition) is 2. The second kappa shape index (κ2) is 5.44. The molecule has 2 aliphatic heterocycles. The summed E-state index contributed by atoms with van der Waals surface area (Å²) in [5.41, 5.74) is 8.42. The smallest absolute Gasteiger partial charge is 0.0384 e. The number of anilines is 1. The number of fused-ring (bicyclic) bond motifs is 3. The first-order chi connectivity index (χ1) is 10.7. The molecule has 2 nitrogen and oxygen atoms in total. The highest BCUT2D eigenvalue weighted by Crippen LogP contribution is 2.45. The van der Waals surface area contributed by atoms with E-state index in [1.165, 1.54) is 40.8 Å². The molecule has 2 heterocycles. The Hall–Kier alpha value is -1.80. The molecule has 1 saturated heterocycles. The van der Waals surface area contributed by atoms with E-state index >= 15 is 0 Å². The molecule has 0 aliphatic carbocycles. The molecule has 0 aromatic heterocycles. The van der Waals surface area contributed by atoms with Gasteiger partial charge in [0, 0.05) is 17.6 Å². The third kappa shape index (κ3) is 2.22. The topological polar surface area (TPSA) is 24.1 Å². The highest BCUT2D eigenvalue weighted by Gasteiger charge is 2.34. The van der Waals surface area contributed by atoms with Crippen LogP contribution in [0.1, 0.15) is 35.4 Å². The van der Waals surface area contributed by atoms with Crippen LogP contribution in [0.25, 0.3) is 11.1 Å². The molecule has 22 heavy (non-hydrogen) atoms. The first-order valence-electron chi connectivity index (χ1n) is 8.42. The van der Waals surface area contributed by atoms with Crippen LogP contribution >= 0.6 is 0 Å². The van der Waals surface area contributed by atoms with E-state index in [-0.39, 0.29) is 0 Å². The van der Waals surface area contributed by atoms with Crippen LogP contribution in [0.2, 0.25) is 0 Å². The maximum atomic E-state index is 3.77. The van der Waals surface area contributed by atoms with Crippen LogP contribution in [-0.4, -0.2) is 19.1 Å². The average Bonchev–Trinajstić information content (AvgIpc) is 2.72. The molecular weight excluding hydrogens is 268 g/mol. The molecule has 0 amide bonds. The molecule has 0 saturated carbocycles. The van der Waals surface area contributed by atoms with Gasteiger partial charge in [-0.25, -0.2) is 0 Å². The predicted molar refractivity (Wildman–Crippen MR) is 93.6 cm³/mol. The molecule has 0 radical (unpaired) electrons. The minimum atomic E-state index is 0.595. The van der Waals surface area contributed by atoms with Crippen LogP contribution in [0.4, 0.5) is 5.69 Å². The Balaban J connectivity index is 1.82. The first kappa shape index (κ1) is 13.8. The Morgan fingerprint density at radius 3 is 2.68 bits per heavy atom. The zero-order chi connectivity index (χ0) is 15.1. The molecule has 4 rings (SSSR count). The van der Waals surface area contributed by atoms with E-state index < -0.39 is 0 Å². The fourth-order valence-corrected chi connectivity index (χ4v) is 4.01. The SMILES string of the molecule is Cc1ccc(-c2cccc3c2C2CCNCCC2N3)cc1C. The molecule has 0 bridgehead atoms. The van der Waals surface area contributed by atoms with Crippen molar-refractivity contribution in [1.29, 1.82) is 0 Å². The van der Waals surface area contributed by atoms with Gasteiger partial charge in [-0.15, -0.1) is 0 Å². The standard InChI is InChI=1S/C20H24N2/c1-13-6-7-15(12-14(13)2)16-4-3-5-19-20(16)17-8-10-21-11-9-18(17)22-19/h3-7,12,17-18,21-22H,8-11H2,1-2H3. The number of benzene rings is 2. The van der Waals surface area contributed by atoms with E-state index in [9.17, 15) is 0 Å². The van der Waals surface area contributed by atoms with Crippen LogP contribution in [0.3, 0.4) is 0 Å². The van der Waals surface area contributed by atoms with Crippen LogP contribution in [0, 0.1) is 13.8 Å². The van der Waals surface area contributed by atoms with E-state index in [0.717, 1.165) is 13.1 Å². The molecule has 2 aliphatic rings. The summed E-state index contributed by atoms with van der Waals surface area (Å²) in [7, 11) is 0. The Kier molecular flexibility index (Phi) is 3.42. The number of hydrogen-bond donors (Lipinski definition) is 2. The summed E-state index contributed by atoms with van der Waals surface area (Å²) in [5.74, 6) is 0.641. The van der Waals surface area contributed by atoms with Crippen LogP contribution in [-0.2, 0) is 0 Å². The summed E-state index contributed by atoms with van der Waals surface area (Å²) in [6.45, 7) is 6.65. The lowest BCUT2D eigenvalue weighted by molar-refractivity contribution is 0.579. The molecule has 1 fully saturated rings. The largest absolute Gasteiger partial charge is 0.381 e. The third-order valence-electron chi connectivity index (χ3n) is 5.39. The highest BCUT2D eigenvalue weighted by atomic mass is 15.0. The quantitative estimate of drug-likeness (QED) is 0.822. The van der Waals surface area contributed by atoms with Crippen molar-refractivity contribution in [3.63, 3.8) is 0 Å². The van der Waals surface area contributed by atoms with Gasteiger partial charge in [0.25, 0.3) is 0 Å². The maximum absolute atomic E-state index is 3.77. The van der Waals surface area contributed by atoms with Crippen LogP contribution in [0.5, 0.6) is 0 Å². The molecule has 2 aromatic carbocycles. The Morgan fingerprint density at radius 2 is 1.82 bits per heavy atom. The summed E-state index contributed by atoms with van der Waals surface area (Å²) in [6, 6.07) is 14.2. The van der Waals surface area contributed by atoms with E-state index in [1.807, 2.05) is 0 Å². The lowest BCUT2D eigenvalue weighted by Gasteiger charge is -2.18. The van der Waals surface area contributed by atoms with E-state index in [0.29, 0.717) is 12.0 Å².